The number of nitrogens with two attached hydrogens (primary N) is 1. The zero-order chi connectivity index (χ0) is 8.97. The Morgan fingerprint density at radius 2 is 2.50 bits per heavy atom. The van der Waals surface area contributed by atoms with Crippen LogP contribution < -0.4 is 10.5 Å². The molecule has 0 spiro atoms. The first kappa shape index (κ1) is 8.67. The largest absolute Gasteiger partial charge is 0.494 e. The zero-order valence-electron chi connectivity index (χ0n) is 6.78. The third-order valence-corrected chi connectivity index (χ3v) is 1.44. The van der Waals surface area contributed by atoms with Gasteiger partial charge < -0.3 is 10.5 Å². The number of pyridine rings is 1. The summed E-state index contributed by atoms with van der Waals surface area (Å²) in [6.45, 7) is -0.0482. The highest BCUT2D eigenvalue weighted by molar-refractivity contribution is 5.98. The Morgan fingerprint density at radius 1 is 1.75 bits per heavy atom. The molecule has 4 nitrogen and oxygen atoms in total. The van der Waals surface area contributed by atoms with Crippen molar-refractivity contribution < 1.29 is 9.53 Å². The first-order chi connectivity index (χ1) is 5.79. The summed E-state index contributed by atoms with van der Waals surface area (Å²) in [6, 6.07) is 3.38. The summed E-state index contributed by atoms with van der Waals surface area (Å²) in [6.07, 6.45) is 1.53. The molecule has 2 N–H and O–H groups in total. The number of ketones is 1. The van der Waals surface area contributed by atoms with Gasteiger partial charge in [-0.1, -0.05) is 0 Å². The van der Waals surface area contributed by atoms with E-state index in [-0.39, 0.29) is 12.3 Å². The molecule has 1 aromatic rings. The second-order valence-electron chi connectivity index (χ2n) is 2.18. The summed E-state index contributed by atoms with van der Waals surface area (Å²) in [4.78, 5) is 15.0. The van der Waals surface area contributed by atoms with E-state index >= 15 is 0 Å². The van der Waals surface area contributed by atoms with E-state index in [0.717, 1.165) is 0 Å². The Labute approximate surface area is 70.4 Å². The fraction of sp³-hybridized carbons (Fsp3) is 0.250. The highest BCUT2D eigenvalue weighted by Gasteiger charge is 2.10. The van der Waals surface area contributed by atoms with Gasteiger partial charge in [0.05, 0.1) is 13.7 Å². The van der Waals surface area contributed by atoms with Crippen molar-refractivity contribution in [2.75, 3.05) is 13.7 Å². The van der Waals surface area contributed by atoms with Gasteiger partial charge in [-0.15, -0.1) is 0 Å². The van der Waals surface area contributed by atoms with E-state index < -0.39 is 0 Å². The van der Waals surface area contributed by atoms with Crippen molar-refractivity contribution in [3.63, 3.8) is 0 Å². The number of hydrogen-bond acceptors (Lipinski definition) is 4. The molecule has 12 heavy (non-hydrogen) atoms. The van der Waals surface area contributed by atoms with Crippen molar-refractivity contribution in [3.05, 3.63) is 24.0 Å². The van der Waals surface area contributed by atoms with Crippen molar-refractivity contribution >= 4 is 5.78 Å². The third-order valence-electron chi connectivity index (χ3n) is 1.44. The minimum atomic E-state index is -0.215. The standard InChI is InChI=1S/C8H10N2O2/c1-12-7-3-2-4-10-8(7)6(11)5-9/h2-4H,5,9H2,1H3. The number of Topliss-reactive ketones (excluding diaryl/α,β-unsaturated/α-hetero) is 1. The van der Waals surface area contributed by atoms with Crippen LogP contribution in [0.2, 0.25) is 0 Å². The second-order valence-corrected chi connectivity index (χ2v) is 2.18. The van der Waals surface area contributed by atoms with E-state index in [1.807, 2.05) is 0 Å². The van der Waals surface area contributed by atoms with Crippen LogP contribution in [0.15, 0.2) is 18.3 Å². The maximum absolute atomic E-state index is 11.1. The quantitative estimate of drug-likeness (QED) is 0.653. The van der Waals surface area contributed by atoms with Gasteiger partial charge in [0.15, 0.2) is 5.78 Å². The molecule has 1 heterocycles. The van der Waals surface area contributed by atoms with Crippen molar-refractivity contribution in [1.82, 2.24) is 4.98 Å². The third kappa shape index (κ3) is 1.60. The van der Waals surface area contributed by atoms with E-state index in [1.54, 1.807) is 12.1 Å². The predicted molar refractivity (Wildman–Crippen MR) is 44.2 cm³/mol. The van der Waals surface area contributed by atoms with Crippen molar-refractivity contribution in [2.45, 2.75) is 0 Å². The number of methoxy groups -OCH3 is 1. The molecule has 1 rings (SSSR count). The number of rotatable bonds is 3. The maximum atomic E-state index is 11.1. The van der Waals surface area contributed by atoms with E-state index in [9.17, 15) is 4.79 Å². The van der Waals surface area contributed by atoms with Crippen LogP contribution in [-0.4, -0.2) is 24.4 Å². The van der Waals surface area contributed by atoms with E-state index in [1.165, 1.54) is 13.3 Å². The van der Waals surface area contributed by atoms with E-state index in [0.29, 0.717) is 11.4 Å². The normalized spacial score (nSPS) is 9.50. The molecule has 0 unspecified atom stereocenters. The summed E-state index contributed by atoms with van der Waals surface area (Å²) in [7, 11) is 1.49. The Balaban J connectivity index is 3.04. The maximum Gasteiger partial charge on any atom is 0.198 e. The van der Waals surface area contributed by atoms with E-state index in [4.69, 9.17) is 10.5 Å². The Morgan fingerprint density at radius 3 is 3.08 bits per heavy atom. The molecule has 0 radical (unpaired) electrons. The van der Waals surface area contributed by atoms with Gasteiger partial charge in [0.25, 0.3) is 0 Å². The summed E-state index contributed by atoms with van der Waals surface area (Å²) in [5, 5.41) is 0. The van der Waals surface area contributed by atoms with Gasteiger partial charge in [0.1, 0.15) is 11.4 Å². The number of nitrogens with zero attached hydrogens (tertiary/aromatic N) is 1. The molecular weight excluding hydrogens is 156 g/mol. The number of hydrogen-bond donors (Lipinski definition) is 1. The lowest BCUT2D eigenvalue weighted by Crippen LogP contribution is -2.15. The monoisotopic (exact) mass is 166 g/mol. The Bertz CT molecular complexity index is 286. The average molecular weight is 166 g/mol. The SMILES string of the molecule is COc1cccnc1C(=O)CN. The Hall–Kier alpha value is -1.42. The minimum absolute atomic E-state index is 0.0482. The predicted octanol–water partition coefficient (Wildman–Crippen LogP) is 0.232. The van der Waals surface area contributed by atoms with Crippen LogP contribution in [0.25, 0.3) is 0 Å². The molecule has 0 aliphatic heterocycles. The molecule has 0 aliphatic carbocycles. The van der Waals surface area contributed by atoms with E-state index in [2.05, 4.69) is 4.98 Å². The van der Waals surface area contributed by atoms with Crippen LogP contribution >= 0.6 is 0 Å². The van der Waals surface area contributed by atoms with Gasteiger partial charge in [-0.25, -0.2) is 4.98 Å². The molecule has 1 aromatic heterocycles. The molecule has 0 saturated carbocycles. The summed E-state index contributed by atoms with van der Waals surface area (Å²) in [5.41, 5.74) is 5.48. The van der Waals surface area contributed by atoms with Crippen LogP contribution in [0, 0.1) is 0 Å². The van der Waals surface area contributed by atoms with Gasteiger partial charge in [-0.05, 0) is 12.1 Å². The Kier molecular flexibility index (Phi) is 2.76. The smallest absolute Gasteiger partial charge is 0.198 e. The number of aromatic nitrogens is 1. The molecule has 0 saturated heterocycles. The molecule has 0 aromatic carbocycles. The lowest BCUT2D eigenvalue weighted by molar-refractivity contribution is 0.0993. The number of ether oxygens (including phenoxy) is 1. The van der Waals surface area contributed by atoms with Crippen molar-refractivity contribution in [3.8, 4) is 5.75 Å². The lowest BCUT2D eigenvalue weighted by atomic mass is 10.2. The zero-order valence-corrected chi connectivity index (χ0v) is 6.78. The van der Waals surface area contributed by atoms with Crippen LogP contribution in [0.5, 0.6) is 5.75 Å². The fourth-order valence-electron chi connectivity index (χ4n) is 0.861. The van der Waals surface area contributed by atoms with Gasteiger partial charge in [-0.2, -0.15) is 0 Å². The lowest BCUT2D eigenvalue weighted by Gasteiger charge is -2.03. The number of carbonyl (C=O) groups excluding carboxylic acids is 1. The molecular formula is C8H10N2O2. The van der Waals surface area contributed by atoms with Crippen LogP contribution in [0.3, 0.4) is 0 Å². The molecule has 0 atom stereocenters. The fourth-order valence-corrected chi connectivity index (χ4v) is 0.861. The summed E-state index contributed by atoms with van der Waals surface area (Å²) in [5.74, 6) is 0.250. The van der Waals surface area contributed by atoms with Gasteiger partial charge in [-0.3, -0.25) is 4.79 Å². The molecule has 0 aliphatic rings. The molecule has 64 valence electrons. The first-order valence-corrected chi connectivity index (χ1v) is 3.52. The molecule has 0 amide bonds. The van der Waals surface area contributed by atoms with Gasteiger partial charge in [0, 0.05) is 6.20 Å². The number of carbonyl (C=O) groups is 1. The highest BCUT2D eigenvalue weighted by atomic mass is 16.5. The van der Waals surface area contributed by atoms with Crippen molar-refractivity contribution in [2.24, 2.45) is 5.73 Å². The first-order valence-electron chi connectivity index (χ1n) is 3.52. The second kappa shape index (κ2) is 3.82. The molecule has 0 bridgehead atoms. The van der Waals surface area contributed by atoms with Crippen LogP contribution in [0.1, 0.15) is 10.5 Å². The van der Waals surface area contributed by atoms with Crippen molar-refractivity contribution in [1.29, 1.82) is 0 Å². The van der Waals surface area contributed by atoms with Crippen LogP contribution in [0.4, 0.5) is 0 Å². The average Bonchev–Trinajstić information content (AvgIpc) is 2.16. The highest BCUT2D eigenvalue weighted by Crippen LogP contribution is 2.13. The minimum Gasteiger partial charge on any atom is -0.494 e. The summed E-state index contributed by atoms with van der Waals surface area (Å²) >= 11 is 0. The van der Waals surface area contributed by atoms with Gasteiger partial charge >= 0.3 is 0 Å². The van der Waals surface area contributed by atoms with Crippen LogP contribution in [-0.2, 0) is 0 Å². The van der Waals surface area contributed by atoms with Gasteiger partial charge in [0.2, 0.25) is 0 Å². The summed E-state index contributed by atoms with van der Waals surface area (Å²) < 4.78 is 4.93. The molecule has 4 heteroatoms. The molecule has 0 fully saturated rings. The topological polar surface area (TPSA) is 65.2 Å².